The van der Waals surface area contributed by atoms with E-state index in [0.717, 1.165) is 10.9 Å². The van der Waals surface area contributed by atoms with Crippen molar-refractivity contribution in [1.82, 2.24) is 4.98 Å². The van der Waals surface area contributed by atoms with Crippen molar-refractivity contribution >= 4 is 22.5 Å². The molecule has 0 aliphatic carbocycles. The van der Waals surface area contributed by atoms with Crippen LogP contribution in [0.1, 0.15) is 5.56 Å². The molecule has 0 saturated heterocycles. The van der Waals surface area contributed by atoms with E-state index in [1.807, 2.05) is 24.3 Å². The topological polar surface area (TPSA) is 35.7 Å². The highest BCUT2D eigenvalue weighted by molar-refractivity contribution is 6.33. The average molecular weight is 275 g/mol. The van der Waals surface area contributed by atoms with E-state index in [-0.39, 0.29) is 5.56 Å². The third-order valence-corrected chi connectivity index (χ3v) is 3.49. The number of nitrogens with one attached hydrogen (secondary N) is 1. The zero-order chi connectivity index (χ0) is 13.4. The van der Waals surface area contributed by atoms with Gasteiger partial charge in [0.05, 0.1) is 16.3 Å². The van der Waals surface area contributed by atoms with Gasteiger partial charge in [-0.2, -0.15) is 0 Å². The largest absolute Gasteiger partial charge is 0.354 e. The molecule has 0 atom stereocenters. The summed E-state index contributed by atoms with van der Waals surface area (Å²) in [6.45, 7) is -0.427. The minimum absolute atomic E-state index is 0.256. The minimum Gasteiger partial charge on any atom is -0.354 e. The van der Waals surface area contributed by atoms with E-state index in [2.05, 4.69) is 4.98 Å². The van der Waals surface area contributed by atoms with E-state index in [0.29, 0.717) is 16.3 Å². The Balaban J connectivity index is 2.37. The van der Waals surface area contributed by atoms with Gasteiger partial charge in [-0.15, -0.1) is 0 Å². The van der Waals surface area contributed by atoms with Gasteiger partial charge < -0.3 is 4.98 Å². The summed E-state index contributed by atoms with van der Waals surface area (Å²) in [4.78, 5) is 3.09. The molecule has 1 heterocycles. The second-order valence-corrected chi connectivity index (χ2v) is 4.67. The molecule has 3 aromatic rings. The number of rotatable bonds is 2. The first kappa shape index (κ1) is 12.2. The zero-order valence-electron chi connectivity index (χ0n) is 9.91. The van der Waals surface area contributed by atoms with Gasteiger partial charge in [0.1, 0.15) is 12.4 Å². The molecular weight excluding hydrogens is 265 g/mol. The van der Waals surface area contributed by atoms with Crippen molar-refractivity contribution in [3.8, 4) is 11.3 Å². The Morgan fingerprint density at radius 2 is 1.89 bits per heavy atom. The lowest BCUT2D eigenvalue weighted by atomic mass is 10.1. The molecule has 19 heavy (non-hydrogen) atoms. The lowest BCUT2D eigenvalue weighted by Crippen LogP contribution is -1.90. The summed E-state index contributed by atoms with van der Waals surface area (Å²) in [5, 5.41) is 12.5. The second kappa shape index (κ2) is 4.68. The summed E-state index contributed by atoms with van der Waals surface area (Å²) in [7, 11) is 0. The average Bonchev–Trinajstić information content (AvgIpc) is 2.76. The fourth-order valence-electron chi connectivity index (χ4n) is 2.30. The van der Waals surface area contributed by atoms with Crippen molar-refractivity contribution in [2.24, 2.45) is 0 Å². The van der Waals surface area contributed by atoms with Crippen molar-refractivity contribution in [3.63, 3.8) is 0 Å². The molecular formula is C15H10ClFNO. The van der Waals surface area contributed by atoms with E-state index in [1.54, 1.807) is 12.1 Å². The number of aromatic amines is 1. The van der Waals surface area contributed by atoms with Gasteiger partial charge >= 0.3 is 0 Å². The molecule has 1 radical (unpaired) electrons. The number of para-hydroxylation sites is 1. The molecule has 3 rings (SSSR count). The number of benzene rings is 2. The van der Waals surface area contributed by atoms with Crippen LogP contribution in [-0.2, 0) is 11.7 Å². The molecule has 95 valence electrons. The highest BCUT2D eigenvalue weighted by atomic mass is 35.5. The molecule has 0 saturated carbocycles. The van der Waals surface area contributed by atoms with Crippen LogP contribution in [0.5, 0.6) is 0 Å². The van der Waals surface area contributed by atoms with E-state index >= 15 is 0 Å². The van der Waals surface area contributed by atoms with Crippen molar-refractivity contribution in [3.05, 3.63) is 58.9 Å². The monoisotopic (exact) mass is 274 g/mol. The molecule has 0 unspecified atom stereocenters. The predicted molar refractivity (Wildman–Crippen MR) is 73.1 cm³/mol. The van der Waals surface area contributed by atoms with Crippen LogP contribution in [0.2, 0.25) is 5.02 Å². The van der Waals surface area contributed by atoms with Crippen molar-refractivity contribution in [2.45, 2.75) is 6.61 Å². The molecule has 1 N–H and O–H groups in total. The maximum atomic E-state index is 14.0. The van der Waals surface area contributed by atoms with Crippen LogP contribution >= 0.6 is 11.6 Å². The summed E-state index contributed by atoms with van der Waals surface area (Å²) >= 11 is 6.06. The Morgan fingerprint density at radius 1 is 1.11 bits per heavy atom. The first-order chi connectivity index (χ1) is 9.22. The minimum atomic E-state index is -0.436. The summed E-state index contributed by atoms with van der Waals surface area (Å²) in [5.41, 5.74) is 2.08. The summed E-state index contributed by atoms with van der Waals surface area (Å²) in [6.07, 6.45) is 0. The molecule has 0 aliphatic heterocycles. The number of hydrogen-bond acceptors (Lipinski definition) is 0. The fraction of sp³-hybridized carbons (Fsp3) is 0.0667. The molecule has 0 spiro atoms. The van der Waals surface area contributed by atoms with Gasteiger partial charge in [-0.05, 0) is 18.2 Å². The molecule has 4 heteroatoms. The van der Waals surface area contributed by atoms with Crippen molar-refractivity contribution < 1.29 is 9.50 Å². The third-order valence-electron chi connectivity index (χ3n) is 3.17. The summed E-state index contributed by atoms with van der Waals surface area (Å²) < 4.78 is 14.0. The number of H-pyrrole nitrogens is 1. The molecule has 2 nitrogen and oxygen atoms in total. The maximum absolute atomic E-state index is 14.0. The van der Waals surface area contributed by atoms with E-state index < -0.39 is 12.4 Å². The highest BCUT2D eigenvalue weighted by Gasteiger charge is 2.18. The number of hydrogen-bond donors (Lipinski definition) is 1. The first-order valence-electron chi connectivity index (χ1n) is 5.84. The number of fused-ring (bicyclic) bond motifs is 1. The van der Waals surface area contributed by atoms with Crippen LogP contribution < -0.4 is 0 Å². The van der Waals surface area contributed by atoms with E-state index in [9.17, 15) is 9.50 Å². The van der Waals surface area contributed by atoms with E-state index in [1.165, 1.54) is 6.07 Å². The fourth-order valence-corrected chi connectivity index (χ4v) is 2.56. The smallest absolute Gasteiger partial charge is 0.134 e. The Hall–Kier alpha value is -1.84. The van der Waals surface area contributed by atoms with Gasteiger partial charge in [-0.3, -0.25) is 0 Å². The van der Waals surface area contributed by atoms with Gasteiger partial charge in [0, 0.05) is 16.5 Å². The number of aromatic nitrogens is 1. The van der Waals surface area contributed by atoms with Crippen LogP contribution in [0.15, 0.2) is 42.5 Å². The lowest BCUT2D eigenvalue weighted by molar-refractivity contribution is 0.179. The van der Waals surface area contributed by atoms with Crippen LogP contribution in [0.3, 0.4) is 0 Å². The molecule has 0 aliphatic rings. The quantitative estimate of drug-likeness (QED) is 0.711. The SMILES string of the molecule is [O]Cc1c(-c2c(F)cccc2Cl)[nH]c2ccccc12. The van der Waals surface area contributed by atoms with Gasteiger partial charge in [0.2, 0.25) is 0 Å². The highest BCUT2D eigenvalue weighted by Crippen LogP contribution is 2.36. The van der Waals surface area contributed by atoms with Crippen LogP contribution in [0.25, 0.3) is 22.2 Å². The normalized spacial score (nSPS) is 11.1. The van der Waals surface area contributed by atoms with Gasteiger partial charge in [0.25, 0.3) is 0 Å². The standard InChI is InChI=1S/C15H10ClFNO/c16-11-5-3-6-12(17)14(11)15-10(8-19)9-4-1-2-7-13(9)18-15/h1-7,18H,8H2. The molecule has 1 aromatic heterocycles. The van der Waals surface area contributed by atoms with Crippen LogP contribution in [0.4, 0.5) is 4.39 Å². The molecule has 0 amide bonds. The molecule has 2 aromatic carbocycles. The Bertz CT molecular complexity index is 731. The Morgan fingerprint density at radius 3 is 2.63 bits per heavy atom. The molecule has 0 fully saturated rings. The predicted octanol–water partition coefficient (Wildman–Crippen LogP) is 4.56. The van der Waals surface area contributed by atoms with Gasteiger partial charge in [-0.25, -0.2) is 9.50 Å². The molecule has 0 bridgehead atoms. The van der Waals surface area contributed by atoms with Gasteiger partial charge in [-0.1, -0.05) is 35.9 Å². The summed E-state index contributed by atoms with van der Waals surface area (Å²) in [6, 6.07) is 11.9. The van der Waals surface area contributed by atoms with Crippen molar-refractivity contribution in [1.29, 1.82) is 0 Å². The maximum Gasteiger partial charge on any atom is 0.134 e. The summed E-state index contributed by atoms with van der Waals surface area (Å²) in [5.74, 6) is -0.436. The lowest BCUT2D eigenvalue weighted by Gasteiger charge is -2.05. The first-order valence-corrected chi connectivity index (χ1v) is 6.22. The Labute approximate surface area is 114 Å². The third kappa shape index (κ3) is 1.91. The number of halogens is 2. The van der Waals surface area contributed by atoms with Gasteiger partial charge in [0.15, 0.2) is 0 Å². The van der Waals surface area contributed by atoms with Crippen LogP contribution in [-0.4, -0.2) is 4.98 Å². The van der Waals surface area contributed by atoms with Crippen LogP contribution in [0, 0.1) is 5.82 Å². The van der Waals surface area contributed by atoms with Crippen molar-refractivity contribution in [2.75, 3.05) is 0 Å². The Kier molecular flexibility index (Phi) is 3.01. The van der Waals surface area contributed by atoms with E-state index in [4.69, 9.17) is 11.6 Å². The zero-order valence-corrected chi connectivity index (χ0v) is 10.7. The second-order valence-electron chi connectivity index (χ2n) is 4.27.